The molecule has 0 bridgehead atoms. The van der Waals surface area contributed by atoms with E-state index in [2.05, 4.69) is 24.1 Å². The molecule has 7 nitrogen and oxygen atoms in total. The minimum Gasteiger partial charge on any atom is -0.372 e. The molecule has 0 aliphatic carbocycles. The first-order chi connectivity index (χ1) is 14.3. The molecule has 0 spiro atoms. The molecule has 0 heterocycles. The van der Waals surface area contributed by atoms with Crippen LogP contribution in [0.3, 0.4) is 0 Å². The minimum absolute atomic E-state index is 0.0581. The van der Waals surface area contributed by atoms with Crippen molar-refractivity contribution in [3.05, 3.63) is 59.7 Å². The molecule has 0 fully saturated rings. The third-order valence-corrected chi connectivity index (χ3v) is 5.29. The second kappa shape index (κ2) is 10.6. The van der Waals surface area contributed by atoms with Crippen LogP contribution in [0.4, 0.5) is 11.4 Å². The number of hydrogen-bond donors (Lipinski definition) is 2. The summed E-state index contributed by atoms with van der Waals surface area (Å²) < 4.78 is 22.6. The number of sulfonamides is 1. The number of nitrogens with zero attached hydrogens (tertiary/aromatic N) is 2. The molecule has 2 aromatic carbocycles. The molecule has 3 N–H and O–H groups in total. The smallest absolute Gasteiger partial charge is 0.266 e. The Morgan fingerprint density at radius 2 is 1.63 bits per heavy atom. The maximum absolute atomic E-state index is 12.4. The van der Waals surface area contributed by atoms with Gasteiger partial charge in [-0.05, 0) is 60.9 Å². The SMILES string of the molecule is CCCN(CCC)c1ccc(/C=C(\C#N)C(=O)Nc2ccc(S(N)(=O)=O)cc2)cc1. The van der Waals surface area contributed by atoms with E-state index in [1.54, 1.807) is 0 Å². The van der Waals surface area contributed by atoms with Crippen LogP contribution in [0.15, 0.2) is 59.0 Å². The maximum atomic E-state index is 12.4. The molecule has 2 aromatic rings. The number of benzene rings is 2. The quantitative estimate of drug-likeness (QED) is 0.470. The summed E-state index contributed by atoms with van der Waals surface area (Å²) in [4.78, 5) is 14.7. The standard InChI is InChI=1S/C22H26N4O3S/c1-3-13-26(14-4-2)20-9-5-17(6-10-20)15-18(16-23)22(27)25-19-7-11-21(12-8-19)30(24,28)29/h5-12,15H,3-4,13-14H2,1-2H3,(H,25,27)(H2,24,28,29)/b18-15+. The number of hydrogen-bond acceptors (Lipinski definition) is 5. The van der Waals surface area contributed by atoms with Crippen LogP contribution in [0.25, 0.3) is 6.08 Å². The van der Waals surface area contributed by atoms with Crippen LogP contribution in [-0.4, -0.2) is 27.4 Å². The molecule has 0 saturated carbocycles. The van der Waals surface area contributed by atoms with E-state index in [0.717, 1.165) is 37.2 Å². The van der Waals surface area contributed by atoms with Crippen LogP contribution in [0, 0.1) is 11.3 Å². The average Bonchev–Trinajstić information content (AvgIpc) is 2.72. The monoisotopic (exact) mass is 426 g/mol. The Balaban J connectivity index is 2.14. The number of rotatable bonds is 9. The molecule has 0 saturated heterocycles. The van der Waals surface area contributed by atoms with Crippen molar-refractivity contribution >= 4 is 33.4 Å². The van der Waals surface area contributed by atoms with E-state index < -0.39 is 15.9 Å². The summed E-state index contributed by atoms with van der Waals surface area (Å²) in [6.07, 6.45) is 3.62. The van der Waals surface area contributed by atoms with Crippen molar-refractivity contribution in [3.8, 4) is 6.07 Å². The summed E-state index contributed by atoms with van der Waals surface area (Å²) in [7, 11) is -3.81. The molecule has 0 radical (unpaired) electrons. The highest BCUT2D eigenvalue weighted by atomic mass is 32.2. The van der Waals surface area contributed by atoms with Gasteiger partial charge in [0.2, 0.25) is 10.0 Å². The lowest BCUT2D eigenvalue weighted by Crippen LogP contribution is -2.24. The van der Waals surface area contributed by atoms with Gasteiger partial charge in [0, 0.05) is 24.5 Å². The normalized spacial score (nSPS) is 11.6. The van der Waals surface area contributed by atoms with Crippen molar-refractivity contribution in [2.24, 2.45) is 5.14 Å². The molecule has 0 atom stereocenters. The number of nitriles is 1. The van der Waals surface area contributed by atoms with Crippen LogP contribution in [-0.2, 0) is 14.8 Å². The van der Waals surface area contributed by atoms with Crippen LogP contribution >= 0.6 is 0 Å². The van der Waals surface area contributed by atoms with Gasteiger partial charge >= 0.3 is 0 Å². The maximum Gasteiger partial charge on any atom is 0.266 e. The number of carbonyl (C=O) groups excluding carboxylic acids is 1. The molecule has 1 amide bonds. The van der Waals surface area contributed by atoms with Gasteiger partial charge in [0.25, 0.3) is 5.91 Å². The fourth-order valence-electron chi connectivity index (χ4n) is 2.93. The van der Waals surface area contributed by atoms with Gasteiger partial charge in [-0.15, -0.1) is 0 Å². The number of primary sulfonamides is 1. The van der Waals surface area contributed by atoms with Gasteiger partial charge < -0.3 is 10.2 Å². The Bertz CT molecular complexity index is 1030. The number of anilines is 2. The lowest BCUT2D eigenvalue weighted by Gasteiger charge is -2.23. The highest BCUT2D eigenvalue weighted by Crippen LogP contribution is 2.19. The van der Waals surface area contributed by atoms with E-state index in [4.69, 9.17) is 5.14 Å². The highest BCUT2D eigenvalue weighted by Gasteiger charge is 2.12. The lowest BCUT2D eigenvalue weighted by molar-refractivity contribution is -0.112. The zero-order valence-electron chi connectivity index (χ0n) is 17.1. The minimum atomic E-state index is -3.81. The van der Waals surface area contributed by atoms with Gasteiger partial charge in [-0.2, -0.15) is 5.26 Å². The third kappa shape index (κ3) is 6.44. The summed E-state index contributed by atoms with van der Waals surface area (Å²) in [5.41, 5.74) is 2.15. The molecule has 0 aromatic heterocycles. The Morgan fingerprint density at radius 1 is 1.07 bits per heavy atom. The molecule has 2 rings (SSSR count). The Morgan fingerprint density at radius 3 is 2.10 bits per heavy atom. The predicted molar refractivity (Wildman–Crippen MR) is 119 cm³/mol. The van der Waals surface area contributed by atoms with E-state index in [1.807, 2.05) is 30.3 Å². The molecule has 8 heteroatoms. The Hall–Kier alpha value is -3.15. The summed E-state index contributed by atoms with van der Waals surface area (Å²) in [6.45, 7) is 6.22. The van der Waals surface area contributed by atoms with E-state index in [-0.39, 0.29) is 10.5 Å². The van der Waals surface area contributed by atoms with Crippen molar-refractivity contribution in [1.29, 1.82) is 5.26 Å². The zero-order chi connectivity index (χ0) is 22.1. The van der Waals surface area contributed by atoms with Crippen LogP contribution in [0.1, 0.15) is 32.3 Å². The van der Waals surface area contributed by atoms with Gasteiger partial charge in [0.05, 0.1) is 4.90 Å². The number of nitrogens with one attached hydrogen (secondary N) is 1. The van der Waals surface area contributed by atoms with Gasteiger partial charge in [0.15, 0.2) is 0 Å². The molecule has 158 valence electrons. The van der Waals surface area contributed by atoms with Crippen molar-refractivity contribution in [1.82, 2.24) is 0 Å². The van der Waals surface area contributed by atoms with Crippen LogP contribution in [0.5, 0.6) is 0 Å². The van der Waals surface area contributed by atoms with Crippen LogP contribution in [0.2, 0.25) is 0 Å². The molecule has 0 unspecified atom stereocenters. The fourth-order valence-corrected chi connectivity index (χ4v) is 3.45. The van der Waals surface area contributed by atoms with Crippen molar-refractivity contribution < 1.29 is 13.2 Å². The topological polar surface area (TPSA) is 116 Å². The summed E-state index contributed by atoms with van der Waals surface area (Å²) in [5, 5.41) is 17.0. The average molecular weight is 427 g/mol. The first-order valence-electron chi connectivity index (χ1n) is 9.69. The third-order valence-electron chi connectivity index (χ3n) is 4.36. The fraction of sp³-hybridized carbons (Fsp3) is 0.273. The Kier molecular flexibility index (Phi) is 8.16. The van der Waals surface area contributed by atoms with Crippen molar-refractivity contribution in [2.45, 2.75) is 31.6 Å². The van der Waals surface area contributed by atoms with Gasteiger partial charge in [0.1, 0.15) is 11.6 Å². The van der Waals surface area contributed by atoms with Crippen LogP contribution < -0.4 is 15.4 Å². The first-order valence-corrected chi connectivity index (χ1v) is 11.2. The molecular weight excluding hydrogens is 400 g/mol. The summed E-state index contributed by atoms with van der Waals surface area (Å²) >= 11 is 0. The van der Waals surface area contributed by atoms with E-state index in [0.29, 0.717) is 5.69 Å². The zero-order valence-corrected chi connectivity index (χ0v) is 17.9. The predicted octanol–water partition coefficient (Wildman–Crippen LogP) is 3.51. The Labute approximate surface area is 177 Å². The molecule has 30 heavy (non-hydrogen) atoms. The largest absolute Gasteiger partial charge is 0.372 e. The van der Waals surface area contributed by atoms with E-state index in [1.165, 1.54) is 30.3 Å². The number of carbonyl (C=O) groups is 1. The lowest BCUT2D eigenvalue weighted by atomic mass is 10.1. The van der Waals surface area contributed by atoms with Crippen molar-refractivity contribution in [2.75, 3.05) is 23.3 Å². The second-order valence-corrected chi connectivity index (χ2v) is 8.33. The van der Waals surface area contributed by atoms with E-state index >= 15 is 0 Å². The van der Waals surface area contributed by atoms with Crippen molar-refractivity contribution in [3.63, 3.8) is 0 Å². The molecular formula is C22H26N4O3S. The first kappa shape index (κ1) is 23.1. The summed E-state index contributed by atoms with van der Waals surface area (Å²) in [6, 6.07) is 15.0. The molecule has 0 aliphatic rings. The van der Waals surface area contributed by atoms with Gasteiger partial charge in [-0.3, -0.25) is 4.79 Å². The second-order valence-electron chi connectivity index (χ2n) is 6.77. The molecule has 0 aliphatic heterocycles. The van der Waals surface area contributed by atoms with Gasteiger partial charge in [-0.1, -0.05) is 26.0 Å². The highest BCUT2D eigenvalue weighted by molar-refractivity contribution is 7.89. The number of nitrogens with two attached hydrogens (primary N) is 1. The van der Waals surface area contributed by atoms with Gasteiger partial charge in [-0.25, -0.2) is 13.6 Å². The number of amides is 1. The summed E-state index contributed by atoms with van der Waals surface area (Å²) in [5.74, 6) is -0.580. The van der Waals surface area contributed by atoms with E-state index in [9.17, 15) is 18.5 Å².